The lowest BCUT2D eigenvalue weighted by Gasteiger charge is -2.15. The van der Waals surface area contributed by atoms with Crippen LogP contribution in [0.5, 0.6) is 0 Å². The molecule has 0 saturated heterocycles. The molecule has 2 aromatic rings. The molecule has 0 saturated carbocycles. The van der Waals surface area contributed by atoms with Crippen LogP contribution < -0.4 is 0 Å². The Labute approximate surface area is 93.5 Å². The molecule has 4 nitrogen and oxygen atoms in total. The van der Waals surface area contributed by atoms with Gasteiger partial charge in [-0.2, -0.15) is 0 Å². The van der Waals surface area contributed by atoms with E-state index in [2.05, 4.69) is 4.98 Å². The Morgan fingerprint density at radius 3 is 2.81 bits per heavy atom. The third-order valence-electron chi connectivity index (χ3n) is 2.31. The van der Waals surface area contributed by atoms with E-state index in [0.717, 1.165) is 11.0 Å². The first kappa shape index (κ1) is 10.8. The number of para-hydroxylation sites is 2. The summed E-state index contributed by atoms with van der Waals surface area (Å²) in [6, 6.07) is 7.42. The molecule has 16 heavy (non-hydrogen) atoms. The number of carbonyl (C=O) groups excluding carboxylic acids is 1. The Bertz CT molecular complexity index is 523. The molecule has 1 heterocycles. The van der Waals surface area contributed by atoms with Crippen LogP contribution >= 0.6 is 0 Å². The van der Waals surface area contributed by atoms with Crippen molar-refractivity contribution in [2.45, 2.75) is 25.9 Å². The highest BCUT2D eigenvalue weighted by Crippen LogP contribution is 2.15. The lowest BCUT2D eigenvalue weighted by molar-refractivity contribution is 0.0533. The summed E-state index contributed by atoms with van der Waals surface area (Å²) in [6.45, 7) is 3.23. The molecule has 0 amide bonds. The van der Waals surface area contributed by atoms with Gasteiger partial charge in [0.15, 0.2) is 0 Å². The monoisotopic (exact) mass is 218 g/mol. The van der Waals surface area contributed by atoms with Crippen LogP contribution in [0.1, 0.15) is 25.1 Å². The number of nitrogens with zero attached hydrogens (tertiary/aromatic N) is 2. The molecule has 0 spiro atoms. The van der Waals surface area contributed by atoms with E-state index in [4.69, 9.17) is 0 Å². The molecular formula is C12H14N2O2. The number of carbonyl (C=O) groups is 1. The fourth-order valence-electron chi connectivity index (χ4n) is 1.61. The maximum atomic E-state index is 11.9. The van der Waals surface area contributed by atoms with Crippen LogP contribution in [0.2, 0.25) is 0 Å². The number of aliphatic hydroxyl groups is 1. The van der Waals surface area contributed by atoms with E-state index in [1.807, 2.05) is 24.3 Å². The van der Waals surface area contributed by atoms with E-state index in [1.54, 1.807) is 13.8 Å². The van der Waals surface area contributed by atoms with Gasteiger partial charge in [-0.3, -0.25) is 9.36 Å². The molecule has 0 aliphatic rings. The Balaban J connectivity index is 2.37. The molecule has 2 rings (SSSR count). The summed E-state index contributed by atoms with van der Waals surface area (Å²) in [7, 11) is 0. The zero-order valence-electron chi connectivity index (χ0n) is 9.34. The quantitative estimate of drug-likeness (QED) is 0.836. The van der Waals surface area contributed by atoms with Gasteiger partial charge in [0.25, 0.3) is 0 Å². The third kappa shape index (κ3) is 2.12. The molecule has 0 aliphatic carbocycles. The van der Waals surface area contributed by atoms with Crippen LogP contribution in [0.4, 0.5) is 0 Å². The molecule has 4 heteroatoms. The van der Waals surface area contributed by atoms with Crippen molar-refractivity contribution in [2.24, 2.45) is 0 Å². The van der Waals surface area contributed by atoms with Crippen molar-refractivity contribution in [1.29, 1.82) is 0 Å². The van der Waals surface area contributed by atoms with Gasteiger partial charge in [0.05, 0.1) is 23.1 Å². The molecule has 0 fully saturated rings. The van der Waals surface area contributed by atoms with Gasteiger partial charge in [0.2, 0.25) is 5.91 Å². The van der Waals surface area contributed by atoms with Crippen molar-refractivity contribution < 1.29 is 9.90 Å². The standard InChI is InChI=1S/C12H14N2O2/c1-12(2,16)7-11(15)14-8-13-9-5-3-4-6-10(9)14/h3-6,8,16H,7H2,1-2H3. The van der Waals surface area contributed by atoms with Gasteiger partial charge in [-0.15, -0.1) is 0 Å². The van der Waals surface area contributed by atoms with Gasteiger partial charge >= 0.3 is 0 Å². The highest BCUT2D eigenvalue weighted by Gasteiger charge is 2.20. The number of rotatable bonds is 2. The minimum atomic E-state index is -0.998. The number of aromatic nitrogens is 2. The van der Waals surface area contributed by atoms with E-state index < -0.39 is 5.60 Å². The minimum Gasteiger partial charge on any atom is -0.390 e. The minimum absolute atomic E-state index is 0.0767. The molecular weight excluding hydrogens is 204 g/mol. The molecule has 0 bridgehead atoms. The van der Waals surface area contributed by atoms with Crippen LogP contribution in [0.25, 0.3) is 11.0 Å². The number of benzene rings is 1. The van der Waals surface area contributed by atoms with Gasteiger partial charge in [-0.05, 0) is 26.0 Å². The smallest absolute Gasteiger partial charge is 0.235 e. The second kappa shape index (κ2) is 3.72. The zero-order valence-corrected chi connectivity index (χ0v) is 9.34. The average molecular weight is 218 g/mol. The molecule has 1 aromatic heterocycles. The van der Waals surface area contributed by atoms with Crippen LogP contribution in [-0.4, -0.2) is 26.2 Å². The fraction of sp³-hybridized carbons (Fsp3) is 0.333. The molecule has 1 N–H and O–H groups in total. The number of fused-ring (bicyclic) bond motifs is 1. The molecule has 0 radical (unpaired) electrons. The van der Waals surface area contributed by atoms with Crippen LogP contribution in [0.15, 0.2) is 30.6 Å². The second-order valence-corrected chi connectivity index (χ2v) is 4.49. The maximum absolute atomic E-state index is 11.9. The predicted molar refractivity (Wildman–Crippen MR) is 61.3 cm³/mol. The van der Waals surface area contributed by atoms with Crippen molar-refractivity contribution in [2.75, 3.05) is 0 Å². The highest BCUT2D eigenvalue weighted by molar-refractivity contribution is 5.90. The van der Waals surface area contributed by atoms with Crippen molar-refractivity contribution in [1.82, 2.24) is 9.55 Å². The Kier molecular flexibility index (Phi) is 2.52. The summed E-state index contributed by atoms with van der Waals surface area (Å²) < 4.78 is 1.48. The average Bonchev–Trinajstić information content (AvgIpc) is 2.58. The third-order valence-corrected chi connectivity index (χ3v) is 2.31. The summed E-state index contributed by atoms with van der Waals surface area (Å²) in [5.74, 6) is -0.152. The lowest BCUT2D eigenvalue weighted by atomic mass is 10.1. The molecule has 84 valence electrons. The normalized spacial score (nSPS) is 11.9. The molecule has 0 aliphatic heterocycles. The van der Waals surface area contributed by atoms with E-state index >= 15 is 0 Å². The van der Waals surface area contributed by atoms with Crippen molar-refractivity contribution in [3.8, 4) is 0 Å². The van der Waals surface area contributed by atoms with Gasteiger partial charge in [-0.25, -0.2) is 4.98 Å². The summed E-state index contributed by atoms with van der Waals surface area (Å²) in [6.07, 6.45) is 1.58. The number of hydrogen-bond donors (Lipinski definition) is 1. The first-order valence-electron chi connectivity index (χ1n) is 5.15. The summed E-state index contributed by atoms with van der Waals surface area (Å²) in [5, 5.41) is 9.60. The summed E-state index contributed by atoms with van der Waals surface area (Å²) in [4.78, 5) is 16.0. The number of imidazole rings is 1. The Morgan fingerprint density at radius 2 is 2.12 bits per heavy atom. The van der Waals surface area contributed by atoms with Gasteiger partial charge in [-0.1, -0.05) is 12.1 Å². The lowest BCUT2D eigenvalue weighted by Crippen LogP contribution is -2.26. The predicted octanol–water partition coefficient (Wildman–Crippen LogP) is 1.84. The Morgan fingerprint density at radius 1 is 1.44 bits per heavy atom. The maximum Gasteiger partial charge on any atom is 0.235 e. The first-order chi connectivity index (χ1) is 7.47. The number of hydrogen-bond acceptors (Lipinski definition) is 3. The molecule has 0 unspecified atom stereocenters. The van der Waals surface area contributed by atoms with Crippen molar-refractivity contribution in [3.63, 3.8) is 0 Å². The van der Waals surface area contributed by atoms with Crippen molar-refractivity contribution in [3.05, 3.63) is 30.6 Å². The van der Waals surface area contributed by atoms with E-state index in [9.17, 15) is 9.90 Å². The zero-order chi connectivity index (χ0) is 11.8. The molecule has 0 atom stereocenters. The Hall–Kier alpha value is -1.68. The van der Waals surface area contributed by atoms with Gasteiger partial charge in [0.1, 0.15) is 6.33 Å². The van der Waals surface area contributed by atoms with E-state index in [1.165, 1.54) is 10.9 Å². The summed E-state index contributed by atoms with van der Waals surface area (Å²) >= 11 is 0. The fourth-order valence-corrected chi connectivity index (χ4v) is 1.61. The van der Waals surface area contributed by atoms with Gasteiger partial charge < -0.3 is 5.11 Å². The highest BCUT2D eigenvalue weighted by atomic mass is 16.3. The van der Waals surface area contributed by atoms with Crippen molar-refractivity contribution >= 4 is 16.9 Å². The van der Waals surface area contributed by atoms with E-state index in [0.29, 0.717) is 0 Å². The largest absolute Gasteiger partial charge is 0.390 e. The SMILES string of the molecule is CC(C)(O)CC(=O)n1cnc2ccccc21. The summed E-state index contributed by atoms with van der Waals surface area (Å²) in [5.41, 5.74) is 0.561. The topological polar surface area (TPSA) is 55.1 Å². The molecule has 1 aromatic carbocycles. The first-order valence-corrected chi connectivity index (χ1v) is 5.15. The van der Waals surface area contributed by atoms with Crippen LogP contribution in [0.3, 0.4) is 0 Å². The van der Waals surface area contributed by atoms with E-state index in [-0.39, 0.29) is 12.3 Å². The van der Waals surface area contributed by atoms with Gasteiger partial charge in [0, 0.05) is 0 Å². The second-order valence-electron chi connectivity index (χ2n) is 4.49. The van der Waals surface area contributed by atoms with Crippen LogP contribution in [0, 0.1) is 0 Å². The van der Waals surface area contributed by atoms with Crippen LogP contribution in [-0.2, 0) is 0 Å².